The predicted molar refractivity (Wildman–Crippen MR) is 116 cm³/mol. The number of aromatic nitrogens is 1. The molecule has 2 amide bonds. The molecule has 1 saturated heterocycles. The number of anilines is 2. The minimum Gasteiger partial charge on any atom is -0.372 e. The Hall–Kier alpha value is -2.89. The quantitative estimate of drug-likeness (QED) is 0.803. The molecule has 1 atom stereocenters. The van der Waals surface area contributed by atoms with Gasteiger partial charge in [-0.3, -0.25) is 14.6 Å². The third-order valence-corrected chi connectivity index (χ3v) is 5.45. The molecule has 2 aromatic rings. The fraction of sp³-hybridized carbons (Fsp3) is 0.435. The van der Waals surface area contributed by atoms with Crippen LogP contribution in [0.25, 0.3) is 0 Å². The number of benzene rings is 1. The SMILES string of the molecule is CCN(CC)c1ccc(NC(=O)c2cncc(C(=O)N3CCCC(C)C3)c2)cc1. The Morgan fingerprint density at radius 3 is 2.48 bits per heavy atom. The maximum atomic E-state index is 12.8. The molecule has 2 heterocycles. The Bertz CT molecular complexity index is 846. The third-order valence-electron chi connectivity index (χ3n) is 5.45. The summed E-state index contributed by atoms with van der Waals surface area (Å²) < 4.78 is 0. The van der Waals surface area contributed by atoms with Gasteiger partial charge in [0.1, 0.15) is 0 Å². The Morgan fingerprint density at radius 2 is 1.83 bits per heavy atom. The van der Waals surface area contributed by atoms with Crippen molar-refractivity contribution in [3.8, 4) is 0 Å². The van der Waals surface area contributed by atoms with Crippen LogP contribution in [0.2, 0.25) is 0 Å². The van der Waals surface area contributed by atoms with Crippen LogP contribution in [0.3, 0.4) is 0 Å². The lowest BCUT2D eigenvalue weighted by Crippen LogP contribution is -2.39. The molecule has 0 saturated carbocycles. The fourth-order valence-corrected chi connectivity index (χ4v) is 3.79. The smallest absolute Gasteiger partial charge is 0.257 e. The molecule has 1 aromatic carbocycles. The normalized spacial score (nSPS) is 16.4. The first-order chi connectivity index (χ1) is 14.0. The van der Waals surface area contributed by atoms with Crippen LogP contribution in [0.1, 0.15) is 54.3 Å². The minimum absolute atomic E-state index is 0.0534. The van der Waals surface area contributed by atoms with Crippen LogP contribution in [-0.4, -0.2) is 47.9 Å². The highest BCUT2D eigenvalue weighted by Crippen LogP contribution is 2.20. The number of hydrogen-bond acceptors (Lipinski definition) is 4. The highest BCUT2D eigenvalue weighted by Gasteiger charge is 2.23. The second kappa shape index (κ2) is 9.54. The number of carbonyl (C=O) groups is 2. The van der Waals surface area contributed by atoms with E-state index in [0.29, 0.717) is 22.7 Å². The van der Waals surface area contributed by atoms with Gasteiger partial charge in [-0.2, -0.15) is 0 Å². The molecule has 29 heavy (non-hydrogen) atoms. The summed E-state index contributed by atoms with van der Waals surface area (Å²) in [5.41, 5.74) is 2.68. The van der Waals surface area contributed by atoms with E-state index < -0.39 is 0 Å². The van der Waals surface area contributed by atoms with E-state index in [-0.39, 0.29) is 11.8 Å². The van der Waals surface area contributed by atoms with Gasteiger partial charge in [0.05, 0.1) is 11.1 Å². The summed E-state index contributed by atoms with van der Waals surface area (Å²) in [5.74, 6) is 0.184. The summed E-state index contributed by atoms with van der Waals surface area (Å²) in [6.45, 7) is 9.78. The number of nitrogens with one attached hydrogen (secondary N) is 1. The van der Waals surface area contributed by atoms with Crippen molar-refractivity contribution in [2.24, 2.45) is 5.92 Å². The molecule has 1 N–H and O–H groups in total. The van der Waals surface area contributed by atoms with Gasteiger partial charge in [0.25, 0.3) is 11.8 Å². The Morgan fingerprint density at radius 1 is 1.14 bits per heavy atom. The maximum absolute atomic E-state index is 12.8. The van der Waals surface area contributed by atoms with Crippen molar-refractivity contribution < 1.29 is 9.59 Å². The lowest BCUT2D eigenvalue weighted by molar-refractivity contribution is 0.0682. The molecule has 0 radical (unpaired) electrons. The highest BCUT2D eigenvalue weighted by atomic mass is 16.2. The van der Waals surface area contributed by atoms with Crippen LogP contribution in [0.4, 0.5) is 11.4 Å². The Labute approximate surface area is 172 Å². The van der Waals surface area contributed by atoms with Crippen molar-refractivity contribution in [2.75, 3.05) is 36.4 Å². The van der Waals surface area contributed by atoms with Gasteiger partial charge in [0.2, 0.25) is 0 Å². The zero-order valence-electron chi connectivity index (χ0n) is 17.5. The third kappa shape index (κ3) is 5.13. The topological polar surface area (TPSA) is 65.5 Å². The Balaban J connectivity index is 1.68. The average Bonchev–Trinajstić information content (AvgIpc) is 2.75. The molecule has 1 aliphatic rings. The van der Waals surface area contributed by atoms with Crippen LogP contribution in [0.15, 0.2) is 42.7 Å². The molecule has 0 spiro atoms. The van der Waals surface area contributed by atoms with Crippen molar-refractivity contribution in [1.82, 2.24) is 9.88 Å². The van der Waals surface area contributed by atoms with E-state index in [1.807, 2.05) is 29.2 Å². The lowest BCUT2D eigenvalue weighted by Gasteiger charge is -2.30. The monoisotopic (exact) mass is 394 g/mol. The molecule has 6 heteroatoms. The van der Waals surface area contributed by atoms with Crippen molar-refractivity contribution in [3.63, 3.8) is 0 Å². The molecular weight excluding hydrogens is 364 g/mol. The van der Waals surface area contributed by atoms with Gasteiger partial charge in [0, 0.05) is 49.9 Å². The summed E-state index contributed by atoms with van der Waals surface area (Å²) in [4.78, 5) is 33.7. The van der Waals surface area contributed by atoms with Crippen molar-refractivity contribution in [1.29, 1.82) is 0 Å². The number of amides is 2. The van der Waals surface area contributed by atoms with Gasteiger partial charge in [-0.05, 0) is 62.9 Å². The van der Waals surface area contributed by atoms with Crippen molar-refractivity contribution in [3.05, 3.63) is 53.9 Å². The van der Waals surface area contributed by atoms with Gasteiger partial charge in [-0.1, -0.05) is 6.92 Å². The molecule has 154 valence electrons. The second-order valence-corrected chi connectivity index (χ2v) is 7.63. The average molecular weight is 395 g/mol. The number of piperidine rings is 1. The van der Waals surface area contributed by atoms with Gasteiger partial charge in [-0.25, -0.2) is 0 Å². The number of hydrogen-bond donors (Lipinski definition) is 1. The van der Waals surface area contributed by atoms with Crippen LogP contribution >= 0.6 is 0 Å². The van der Waals surface area contributed by atoms with Crippen LogP contribution < -0.4 is 10.2 Å². The van der Waals surface area contributed by atoms with Gasteiger partial charge in [0.15, 0.2) is 0 Å². The first-order valence-corrected chi connectivity index (χ1v) is 10.4. The molecular formula is C23H30N4O2. The van der Waals surface area contributed by atoms with E-state index in [2.05, 4.69) is 36.0 Å². The zero-order chi connectivity index (χ0) is 20.8. The lowest BCUT2D eigenvalue weighted by atomic mass is 9.99. The first kappa shape index (κ1) is 20.8. The summed E-state index contributed by atoms with van der Waals surface area (Å²) in [6, 6.07) is 9.41. The summed E-state index contributed by atoms with van der Waals surface area (Å²) >= 11 is 0. The summed E-state index contributed by atoms with van der Waals surface area (Å²) in [6.07, 6.45) is 5.20. The molecule has 0 aliphatic carbocycles. The molecule has 1 unspecified atom stereocenters. The predicted octanol–water partition coefficient (Wildman–Crippen LogP) is 4.05. The number of likely N-dealkylation sites (tertiary alicyclic amines) is 1. The molecule has 0 bridgehead atoms. The molecule has 1 aromatic heterocycles. The summed E-state index contributed by atoms with van der Waals surface area (Å²) in [7, 11) is 0. The summed E-state index contributed by atoms with van der Waals surface area (Å²) in [5, 5.41) is 2.89. The van der Waals surface area contributed by atoms with Crippen LogP contribution in [0, 0.1) is 5.92 Å². The van der Waals surface area contributed by atoms with Gasteiger partial charge in [-0.15, -0.1) is 0 Å². The largest absolute Gasteiger partial charge is 0.372 e. The van der Waals surface area contributed by atoms with Gasteiger partial charge >= 0.3 is 0 Å². The fourth-order valence-electron chi connectivity index (χ4n) is 3.79. The van der Waals surface area contributed by atoms with E-state index in [4.69, 9.17) is 0 Å². The number of carbonyl (C=O) groups excluding carboxylic acids is 2. The second-order valence-electron chi connectivity index (χ2n) is 7.63. The first-order valence-electron chi connectivity index (χ1n) is 10.4. The minimum atomic E-state index is -0.269. The molecule has 1 aliphatic heterocycles. The number of nitrogens with zero attached hydrogens (tertiary/aromatic N) is 3. The van der Waals surface area contributed by atoms with Crippen LogP contribution in [-0.2, 0) is 0 Å². The zero-order valence-corrected chi connectivity index (χ0v) is 17.5. The number of rotatable bonds is 6. The molecule has 1 fully saturated rings. The number of pyridine rings is 1. The van der Waals surface area contributed by atoms with Crippen LogP contribution in [0.5, 0.6) is 0 Å². The highest BCUT2D eigenvalue weighted by molar-refractivity contribution is 6.05. The van der Waals surface area contributed by atoms with E-state index in [1.54, 1.807) is 6.07 Å². The standard InChI is InChI=1S/C23H30N4O2/c1-4-26(5-2)21-10-8-20(9-11-21)25-22(28)18-13-19(15-24-14-18)23(29)27-12-6-7-17(3)16-27/h8-11,13-15,17H,4-7,12,16H2,1-3H3,(H,25,28). The van der Waals surface area contributed by atoms with Gasteiger partial charge < -0.3 is 15.1 Å². The van der Waals surface area contributed by atoms with E-state index in [1.165, 1.54) is 12.4 Å². The van der Waals surface area contributed by atoms with Crippen molar-refractivity contribution in [2.45, 2.75) is 33.6 Å². The Kier molecular flexibility index (Phi) is 6.86. The maximum Gasteiger partial charge on any atom is 0.257 e. The van der Waals surface area contributed by atoms with Crippen molar-refractivity contribution >= 4 is 23.2 Å². The molecule has 3 rings (SSSR count). The van der Waals surface area contributed by atoms with E-state index >= 15 is 0 Å². The van der Waals surface area contributed by atoms with E-state index in [0.717, 1.165) is 44.7 Å². The molecule has 6 nitrogen and oxygen atoms in total. The van der Waals surface area contributed by atoms with E-state index in [9.17, 15) is 9.59 Å².